The minimum Gasteiger partial charge on any atom is -0.411 e. The molecule has 0 fully saturated rings. The van der Waals surface area contributed by atoms with Crippen molar-refractivity contribution in [1.82, 2.24) is 20.3 Å². The number of thioether (sulfide) groups is 1. The number of hydrogen-bond donors (Lipinski definition) is 0. The van der Waals surface area contributed by atoms with E-state index in [1.807, 2.05) is 36.4 Å². The first kappa shape index (κ1) is 17.3. The molecule has 0 saturated heterocycles. The van der Waals surface area contributed by atoms with E-state index in [4.69, 9.17) is 20.5 Å². The highest BCUT2D eigenvalue weighted by Gasteiger charge is 2.13. The van der Waals surface area contributed by atoms with Crippen molar-refractivity contribution in [2.75, 3.05) is 0 Å². The zero-order valence-electron chi connectivity index (χ0n) is 13.1. The molecule has 26 heavy (non-hydrogen) atoms. The van der Waals surface area contributed by atoms with E-state index in [1.165, 1.54) is 11.8 Å². The summed E-state index contributed by atoms with van der Waals surface area (Å²) in [4.78, 5) is 4.36. The fourth-order valence-corrected chi connectivity index (χ4v) is 3.12. The average Bonchev–Trinajstić information content (AvgIpc) is 3.31. The van der Waals surface area contributed by atoms with Gasteiger partial charge in [-0.05, 0) is 48.5 Å². The maximum atomic E-state index is 5.88. The molecule has 2 aromatic heterocycles. The molecule has 2 heterocycles. The van der Waals surface area contributed by atoms with E-state index in [0.717, 1.165) is 15.6 Å². The lowest BCUT2D eigenvalue weighted by atomic mass is 10.2. The molecule has 2 aromatic carbocycles. The van der Waals surface area contributed by atoms with Gasteiger partial charge in [0.2, 0.25) is 5.89 Å². The van der Waals surface area contributed by atoms with E-state index in [2.05, 4.69) is 36.3 Å². The third kappa shape index (κ3) is 3.98. The molecule has 4 aromatic rings. The molecule has 130 valence electrons. The number of hydrogen-bond acceptors (Lipinski definition) is 7. The van der Waals surface area contributed by atoms with E-state index in [9.17, 15) is 0 Å². The summed E-state index contributed by atoms with van der Waals surface area (Å²) in [5, 5.41) is 13.2. The summed E-state index contributed by atoms with van der Waals surface area (Å²) in [7, 11) is 0. The molecule has 0 aliphatic carbocycles. The summed E-state index contributed by atoms with van der Waals surface area (Å²) in [6.07, 6.45) is 0. The zero-order chi connectivity index (χ0) is 17.9. The van der Waals surface area contributed by atoms with Gasteiger partial charge in [0.05, 0.1) is 5.75 Å². The number of halogens is 2. The highest BCUT2D eigenvalue weighted by molar-refractivity contribution is 9.10. The Morgan fingerprint density at radius 2 is 1.62 bits per heavy atom. The van der Waals surface area contributed by atoms with Gasteiger partial charge in [0.15, 0.2) is 5.82 Å². The fraction of sp³-hybridized carbons (Fsp3) is 0.0588. The summed E-state index contributed by atoms with van der Waals surface area (Å²) in [6.45, 7) is 0. The minimum atomic E-state index is 0.443. The topological polar surface area (TPSA) is 77.8 Å². The first-order valence-electron chi connectivity index (χ1n) is 7.48. The van der Waals surface area contributed by atoms with Gasteiger partial charge in [0.1, 0.15) is 0 Å². The second-order valence-corrected chi connectivity index (χ2v) is 7.47. The predicted molar refractivity (Wildman–Crippen MR) is 102 cm³/mol. The van der Waals surface area contributed by atoms with Crippen molar-refractivity contribution >= 4 is 39.3 Å². The monoisotopic (exact) mass is 448 g/mol. The molecule has 0 N–H and O–H groups in total. The minimum absolute atomic E-state index is 0.443. The summed E-state index contributed by atoms with van der Waals surface area (Å²) >= 11 is 10.6. The van der Waals surface area contributed by atoms with Gasteiger partial charge in [-0.15, -0.1) is 10.2 Å². The molecular formula is C17H10BrClN4O2S. The lowest BCUT2D eigenvalue weighted by molar-refractivity contribution is 0.425. The van der Waals surface area contributed by atoms with Crippen molar-refractivity contribution in [1.29, 1.82) is 0 Å². The second kappa shape index (κ2) is 7.61. The normalized spacial score (nSPS) is 11.0. The van der Waals surface area contributed by atoms with Crippen LogP contribution >= 0.6 is 39.3 Å². The molecule has 0 radical (unpaired) electrons. The molecule has 0 unspecified atom stereocenters. The van der Waals surface area contributed by atoms with Crippen LogP contribution in [0.4, 0.5) is 0 Å². The van der Waals surface area contributed by atoms with Crippen molar-refractivity contribution in [3.63, 3.8) is 0 Å². The van der Waals surface area contributed by atoms with Crippen LogP contribution in [0, 0.1) is 0 Å². The molecule has 4 rings (SSSR count). The molecule has 0 atom stereocenters. The zero-order valence-corrected chi connectivity index (χ0v) is 16.3. The number of nitrogens with zero attached hydrogens (tertiary/aromatic N) is 4. The molecule has 0 spiro atoms. The smallest absolute Gasteiger partial charge is 0.277 e. The number of rotatable bonds is 5. The van der Waals surface area contributed by atoms with Gasteiger partial charge in [-0.3, -0.25) is 0 Å². The van der Waals surface area contributed by atoms with Gasteiger partial charge in [0.25, 0.3) is 11.1 Å². The van der Waals surface area contributed by atoms with Crippen LogP contribution in [0.2, 0.25) is 5.02 Å². The molecule has 0 bridgehead atoms. The maximum Gasteiger partial charge on any atom is 0.277 e. The summed E-state index contributed by atoms with van der Waals surface area (Å²) in [5.74, 6) is 1.91. The van der Waals surface area contributed by atoms with Crippen molar-refractivity contribution in [2.45, 2.75) is 11.0 Å². The first-order chi connectivity index (χ1) is 12.7. The number of benzene rings is 2. The van der Waals surface area contributed by atoms with Gasteiger partial charge >= 0.3 is 0 Å². The Labute approximate surface area is 166 Å². The SMILES string of the molecule is Clc1ccc(-c2nc(CSc3nnc(-c4ccc(Br)cc4)o3)no2)cc1. The summed E-state index contributed by atoms with van der Waals surface area (Å²) in [5.41, 5.74) is 1.67. The highest BCUT2D eigenvalue weighted by atomic mass is 79.9. The van der Waals surface area contributed by atoms with E-state index < -0.39 is 0 Å². The van der Waals surface area contributed by atoms with Crippen LogP contribution in [0.5, 0.6) is 0 Å². The van der Waals surface area contributed by atoms with E-state index in [1.54, 1.807) is 12.1 Å². The van der Waals surface area contributed by atoms with Gasteiger partial charge in [-0.2, -0.15) is 4.98 Å². The Kier molecular flexibility index (Phi) is 5.05. The summed E-state index contributed by atoms with van der Waals surface area (Å²) in [6, 6.07) is 14.9. The lowest BCUT2D eigenvalue weighted by Crippen LogP contribution is -1.84. The highest BCUT2D eigenvalue weighted by Crippen LogP contribution is 2.27. The summed E-state index contributed by atoms with van der Waals surface area (Å²) < 4.78 is 11.9. The predicted octanol–water partition coefficient (Wildman–Crippen LogP) is 5.49. The lowest BCUT2D eigenvalue weighted by Gasteiger charge is -1.94. The van der Waals surface area contributed by atoms with Crippen LogP contribution in [0.15, 0.2) is 67.2 Å². The molecule has 6 nitrogen and oxygen atoms in total. The van der Waals surface area contributed by atoms with Crippen molar-refractivity contribution in [3.05, 3.63) is 63.9 Å². The average molecular weight is 450 g/mol. The van der Waals surface area contributed by atoms with E-state index in [-0.39, 0.29) is 0 Å². The molecule has 0 aliphatic rings. The maximum absolute atomic E-state index is 5.88. The molecule has 0 amide bonds. The Morgan fingerprint density at radius 3 is 2.38 bits per heavy atom. The van der Waals surface area contributed by atoms with Crippen LogP contribution in [-0.4, -0.2) is 20.3 Å². The van der Waals surface area contributed by atoms with Crippen LogP contribution in [-0.2, 0) is 5.75 Å². The van der Waals surface area contributed by atoms with Crippen molar-refractivity contribution in [2.24, 2.45) is 0 Å². The van der Waals surface area contributed by atoms with Gasteiger partial charge < -0.3 is 8.94 Å². The van der Waals surface area contributed by atoms with E-state index in [0.29, 0.717) is 33.6 Å². The Balaban J connectivity index is 1.42. The Bertz CT molecular complexity index is 934. The standard InChI is InChI=1S/C17H10BrClN4O2S/c18-12-5-1-11(2-6-12)16-21-22-17(24-16)26-9-14-20-15(25-23-14)10-3-7-13(19)8-4-10/h1-8H,9H2. The molecular weight excluding hydrogens is 440 g/mol. The van der Waals surface area contributed by atoms with E-state index >= 15 is 0 Å². The fourth-order valence-electron chi connectivity index (χ4n) is 2.13. The van der Waals surface area contributed by atoms with Crippen LogP contribution in [0.25, 0.3) is 22.9 Å². The van der Waals surface area contributed by atoms with Gasteiger partial charge in [-0.25, -0.2) is 0 Å². The largest absolute Gasteiger partial charge is 0.411 e. The Morgan fingerprint density at radius 1 is 0.923 bits per heavy atom. The van der Waals surface area contributed by atoms with Crippen LogP contribution in [0.3, 0.4) is 0 Å². The Hall–Kier alpha value is -2.16. The quantitative estimate of drug-likeness (QED) is 0.372. The molecule has 9 heteroatoms. The van der Waals surface area contributed by atoms with Crippen LogP contribution < -0.4 is 0 Å². The first-order valence-corrected chi connectivity index (χ1v) is 9.64. The van der Waals surface area contributed by atoms with Crippen LogP contribution in [0.1, 0.15) is 5.82 Å². The number of aromatic nitrogens is 4. The van der Waals surface area contributed by atoms with Gasteiger partial charge in [0, 0.05) is 20.6 Å². The van der Waals surface area contributed by atoms with Gasteiger partial charge in [-0.1, -0.05) is 44.4 Å². The molecule has 0 aliphatic heterocycles. The third-order valence-electron chi connectivity index (χ3n) is 3.38. The van der Waals surface area contributed by atoms with Crippen molar-refractivity contribution in [3.8, 4) is 22.9 Å². The second-order valence-electron chi connectivity index (χ2n) is 5.19. The van der Waals surface area contributed by atoms with Crippen molar-refractivity contribution < 1.29 is 8.94 Å². The molecule has 0 saturated carbocycles. The third-order valence-corrected chi connectivity index (χ3v) is 4.98.